The van der Waals surface area contributed by atoms with E-state index >= 15 is 0 Å². The average Bonchev–Trinajstić information content (AvgIpc) is 2.77. The van der Waals surface area contributed by atoms with Crippen LogP contribution in [0.2, 0.25) is 0 Å². The summed E-state index contributed by atoms with van der Waals surface area (Å²) in [6, 6.07) is 0. The smallest absolute Gasteiger partial charge is 0.242 e. The van der Waals surface area contributed by atoms with Crippen LogP contribution in [-0.4, -0.2) is 38.4 Å². The first-order valence-electron chi connectivity index (χ1n) is 5.43. The van der Waals surface area contributed by atoms with Gasteiger partial charge in [0.1, 0.15) is 18.3 Å². The van der Waals surface area contributed by atoms with Crippen LogP contribution in [0.25, 0.3) is 0 Å². The van der Waals surface area contributed by atoms with E-state index in [4.69, 9.17) is 10.5 Å². The van der Waals surface area contributed by atoms with E-state index in [2.05, 4.69) is 25.4 Å². The lowest BCUT2D eigenvalue weighted by Crippen LogP contribution is -2.10. The molecular weight excluding hydrogens is 234 g/mol. The van der Waals surface area contributed by atoms with Gasteiger partial charge in [0.15, 0.2) is 11.6 Å². The summed E-state index contributed by atoms with van der Waals surface area (Å²) in [5, 5.41) is 7.27. The third-order valence-corrected chi connectivity index (χ3v) is 2.33. The first kappa shape index (κ1) is 12.1. The number of nitrogens with two attached hydrogens (primary N) is 1. The first-order chi connectivity index (χ1) is 8.70. The van der Waals surface area contributed by atoms with Crippen molar-refractivity contribution in [3.8, 4) is 5.88 Å². The number of hydrogen-bond donors (Lipinski definition) is 2. The summed E-state index contributed by atoms with van der Waals surface area (Å²) in [6.07, 6.45) is 3.75. The molecule has 0 amide bonds. The Hall–Kier alpha value is -2.38. The van der Waals surface area contributed by atoms with Crippen LogP contribution in [0.1, 0.15) is 5.82 Å². The number of nitrogens with zero attached hydrogens (tertiary/aromatic N) is 5. The second-order valence-corrected chi connectivity index (χ2v) is 3.66. The molecule has 0 bridgehead atoms. The van der Waals surface area contributed by atoms with E-state index < -0.39 is 0 Å². The zero-order valence-electron chi connectivity index (χ0n) is 10.3. The Morgan fingerprint density at radius 1 is 1.39 bits per heavy atom. The molecule has 0 saturated carbocycles. The third kappa shape index (κ3) is 2.65. The predicted molar refractivity (Wildman–Crippen MR) is 66.2 cm³/mol. The Morgan fingerprint density at radius 3 is 2.89 bits per heavy atom. The maximum atomic E-state index is 5.83. The van der Waals surface area contributed by atoms with Gasteiger partial charge < -0.3 is 15.8 Å². The minimum atomic E-state index is 0.364. The second-order valence-electron chi connectivity index (χ2n) is 3.66. The molecule has 0 aliphatic heterocycles. The van der Waals surface area contributed by atoms with E-state index in [-0.39, 0.29) is 0 Å². The molecule has 0 atom stereocenters. The van der Waals surface area contributed by atoms with E-state index in [0.29, 0.717) is 30.4 Å². The molecule has 2 aromatic rings. The van der Waals surface area contributed by atoms with Crippen LogP contribution in [0.5, 0.6) is 5.88 Å². The third-order valence-electron chi connectivity index (χ3n) is 2.33. The minimum absolute atomic E-state index is 0.364. The van der Waals surface area contributed by atoms with E-state index in [9.17, 15) is 0 Å². The average molecular weight is 249 g/mol. The molecule has 0 saturated heterocycles. The van der Waals surface area contributed by atoms with Crippen LogP contribution in [0.4, 0.5) is 11.5 Å². The number of nitrogens with one attached hydrogen (secondary N) is 1. The van der Waals surface area contributed by atoms with Gasteiger partial charge in [-0.05, 0) is 0 Å². The molecule has 0 unspecified atom stereocenters. The fraction of sp³-hybridized carbons (Fsp3) is 0.400. The highest BCUT2D eigenvalue weighted by Gasteiger charge is 2.07. The fourth-order valence-corrected chi connectivity index (χ4v) is 1.47. The summed E-state index contributed by atoms with van der Waals surface area (Å²) in [4.78, 5) is 12.1. The summed E-state index contributed by atoms with van der Waals surface area (Å²) in [5.74, 6) is 1.69. The fourth-order valence-electron chi connectivity index (χ4n) is 1.47. The van der Waals surface area contributed by atoms with Gasteiger partial charge in [-0.3, -0.25) is 4.68 Å². The van der Waals surface area contributed by atoms with Crippen LogP contribution in [0.3, 0.4) is 0 Å². The van der Waals surface area contributed by atoms with Gasteiger partial charge in [-0.25, -0.2) is 9.97 Å². The zero-order chi connectivity index (χ0) is 13.0. The van der Waals surface area contributed by atoms with Gasteiger partial charge >= 0.3 is 0 Å². The number of anilines is 2. The first-order valence-corrected chi connectivity index (χ1v) is 5.43. The van der Waals surface area contributed by atoms with Crippen LogP contribution in [0.15, 0.2) is 12.7 Å². The molecule has 2 aromatic heterocycles. The van der Waals surface area contributed by atoms with Crippen molar-refractivity contribution < 1.29 is 4.74 Å². The summed E-state index contributed by atoms with van der Waals surface area (Å²) in [6.45, 7) is 0.633. The molecule has 8 nitrogen and oxygen atoms in total. The van der Waals surface area contributed by atoms with E-state index in [1.165, 1.54) is 13.4 Å². The Balaban J connectivity index is 1.94. The van der Waals surface area contributed by atoms with Crippen molar-refractivity contribution >= 4 is 11.5 Å². The van der Waals surface area contributed by atoms with Gasteiger partial charge in [0.05, 0.1) is 7.11 Å². The standard InChI is InChI=1S/C10H15N7O/c1-17-6-15-7(16-17)3-4-12-9-8(11)10(18-2)14-5-13-9/h5-6H,3-4,11H2,1-2H3,(H,12,13,14). The topological polar surface area (TPSA) is 104 Å². The van der Waals surface area contributed by atoms with Gasteiger partial charge in [-0.1, -0.05) is 0 Å². The monoisotopic (exact) mass is 249 g/mol. The van der Waals surface area contributed by atoms with Gasteiger partial charge in [-0.2, -0.15) is 10.1 Å². The maximum Gasteiger partial charge on any atom is 0.242 e. The number of methoxy groups -OCH3 is 1. The summed E-state index contributed by atoms with van der Waals surface area (Å²) >= 11 is 0. The molecule has 2 rings (SSSR count). The molecule has 0 fully saturated rings. The van der Waals surface area contributed by atoms with Gasteiger partial charge in [0.25, 0.3) is 0 Å². The number of hydrogen-bond acceptors (Lipinski definition) is 7. The predicted octanol–water partition coefficient (Wildman–Crippen LogP) is -0.150. The van der Waals surface area contributed by atoms with Crippen LogP contribution in [-0.2, 0) is 13.5 Å². The molecule has 96 valence electrons. The zero-order valence-corrected chi connectivity index (χ0v) is 10.3. The van der Waals surface area contributed by atoms with Crippen LogP contribution in [0, 0.1) is 0 Å². The van der Waals surface area contributed by atoms with E-state index in [1.54, 1.807) is 11.0 Å². The molecule has 18 heavy (non-hydrogen) atoms. The quantitative estimate of drug-likeness (QED) is 0.759. The Morgan fingerprint density at radius 2 is 2.22 bits per heavy atom. The van der Waals surface area contributed by atoms with Gasteiger partial charge in [-0.15, -0.1) is 0 Å². The Labute approximate surface area is 104 Å². The molecule has 3 N–H and O–H groups in total. The van der Waals surface area contributed by atoms with Crippen LogP contribution < -0.4 is 15.8 Å². The molecular formula is C10H15N7O. The van der Waals surface area contributed by atoms with Crippen molar-refractivity contribution in [2.45, 2.75) is 6.42 Å². The highest BCUT2D eigenvalue weighted by molar-refractivity contribution is 5.66. The lowest BCUT2D eigenvalue weighted by molar-refractivity contribution is 0.399. The lowest BCUT2D eigenvalue weighted by atomic mass is 10.4. The number of ether oxygens (including phenoxy) is 1. The van der Waals surface area contributed by atoms with Gasteiger partial charge in [0.2, 0.25) is 5.88 Å². The molecule has 0 aliphatic rings. The van der Waals surface area contributed by atoms with Crippen molar-refractivity contribution in [3.05, 3.63) is 18.5 Å². The van der Waals surface area contributed by atoms with Crippen molar-refractivity contribution in [2.24, 2.45) is 7.05 Å². The SMILES string of the molecule is COc1ncnc(NCCc2ncn(C)n2)c1N. The van der Waals surface area contributed by atoms with E-state index in [1.807, 2.05) is 7.05 Å². The van der Waals surface area contributed by atoms with Gasteiger partial charge in [0, 0.05) is 20.0 Å². The molecule has 2 heterocycles. The maximum absolute atomic E-state index is 5.83. The molecule has 0 aliphatic carbocycles. The Kier molecular flexibility index (Phi) is 3.56. The lowest BCUT2D eigenvalue weighted by Gasteiger charge is -2.09. The summed E-state index contributed by atoms with van der Waals surface area (Å²) in [5.41, 5.74) is 6.23. The molecule has 8 heteroatoms. The minimum Gasteiger partial charge on any atom is -0.479 e. The number of aryl methyl sites for hydroxylation is 1. The molecule has 0 radical (unpaired) electrons. The number of rotatable bonds is 5. The number of nitrogen functional groups attached to an aromatic ring is 1. The highest BCUT2D eigenvalue weighted by atomic mass is 16.5. The van der Waals surface area contributed by atoms with Crippen molar-refractivity contribution in [2.75, 3.05) is 24.7 Å². The Bertz CT molecular complexity index is 525. The van der Waals surface area contributed by atoms with Crippen LogP contribution >= 0.6 is 0 Å². The summed E-state index contributed by atoms with van der Waals surface area (Å²) < 4.78 is 6.67. The second kappa shape index (κ2) is 5.30. The van der Waals surface area contributed by atoms with Crippen molar-refractivity contribution in [1.82, 2.24) is 24.7 Å². The highest BCUT2D eigenvalue weighted by Crippen LogP contribution is 2.23. The van der Waals surface area contributed by atoms with Crippen molar-refractivity contribution in [1.29, 1.82) is 0 Å². The van der Waals surface area contributed by atoms with Crippen molar-refractivity contribution in [3.63, 3.8) is 0 Å². The summed E-state index contributed by atoms with van der Waals surface area (Å²) in [7, 11) is 3.34. The molecule has 0 aromatic carbocycles. The largest absolute Gasteiger partial charge is 0.479 e. The van der Waals surface area contributed by atoms with E-state index in [0.717, 1.165) is 5.82 Å². The normalized spacial score (nSPS) is 10.3. The number of aromatic nitrogens is 5. The molecule has 0 spiro atoms.